The lowest BCUT2D eigenvalue weighted by atomic mass is 10.0. The number of hydrogen-bond acceptors (Lipinski definition) is 5. The van der Waals surface area contributed by atoms with Crippen LogP contribution in [-0.2, 0) is 6.42 Å². The molecule has 0 saturated carbocycles. The normalized spacial score (nSPS) is 11.2. The Kier molecular flexibility index (Phi) is 4.58. The molecule has 32 heavy (non-hydrogen) atoms. The highest BCUT2D eigenvalue weighted by atomic mass is 32.1. The van der Waals surface area contributed by atoms with Gasteiger partial charge in [0.15, 0.2) is 0 Å². The van der Waals surface area contributed by atoms with Gasteiger partial charge in [0.2, 0.25) is 10.8 Å². The highest BCUT2D eigenvalue weighted by molar-refractivity contribution is 7.16. The van der Waals surface area contributed by atoms with Gasteiger partial charge in [0.05, 0.1) is 5.69 Å². The minimum absolute atomic E-state index is 0.664. The number of aromatic nitrogens is 6. The molecule has 6 aromatic rings. The Bertz CT molecular complexity index is 1480. The van der Waals surface area contributed by atoms with Gasteiger partial charge in [-0.25, -0.2) is 0 Å². The van der Waals surface area contributed by atoms with Gasteiger partial charge in [-0.2, -0.15) is 14.7 Å². The van der Waals surface area contributed by atoms with Gasteiger partial charge in [0.25, 0.3) is 0 Å². The Hall–Kier alpha value is -4.10. The van der Waals surface area contributed by atoms with Gasteiger partial charge in [0.1, 0.15) is 10.7 Å². The first kappa shape index (κ1) is 18.7. The Morgan fingerprint density at radius 2 is 1.44 bits per heavy atom. The molecule has 0 amide bonds. The molecular formula is C25H18N6S. The monoisotopic (exact) mass is 434 g/mol. The number of fused-ring (bicyclic) bond motifs is 1. The molecule has 0 radical (unpaired) electrons. The largest absolute Gasteiger partial charge is 0.274 e. The molecule has 154 valence electrons. The van der Waals surface area contributed by atoms with Crippen LogP contribution in [0, 0.1) is 0 Å². The first-order chi connectivity index (χ1) is 15.8. The average molecular weight is 435 g/mol. The van der Waals surface area contributed by atoms with Crippen LogP contribution in [0.15, 0.2) is 91.0 Å². The van der Waals surface area contributed by atoms with Crippen molar-refractivity contribution < 1.29 is 0 Å². The lowest BCUT2D eigenvalue weighted by molar-refractivity contribution is 0.909. The molecule has 0 spiro atoms. The summed E-state index contributed by atoms with van der Waals surface area (Å²) in [5.41, 5.74) is 6.35. The maximum absolute atomic E-state index is 4.77. The van der Waals surface area contributed by atoms with Gasteiger partial charge >= 0.3 is 0 Å². The summed E-state index contributed by atoms with van der Waals surface area (Å²) in [5.74, 6) is 0.664. The summed E-state index contributed by atoms with van der Waals surface area (Å²) >= 11 is 1.56. The Balaban J connectivity index is 1.25. The second-order valence-corrected chi connectivity index (χ2v) is 8.53. The maximum atomic E-state index is 4.77. The van der Waals surface area contributed by atoms with Gasteiger partial charge in [-0.3, -0.25) is 5.10 Å². The molecule has 3 aromatic carbocycles. The Morgan fingerprint density at radius 3 is 2.19 bits per heavy atom. The SMILES string of the molecule is c1ccc(-c2ccc(Cc3nn4c(-c5cc(-c6ccccc6)n[nH]5)nnc4s3)cc2)cc1. The summed E-state index contributed by atoms with van der Waals surface area (Å²) in [4.78, 5) is 0.770. The summed E-state index contributed by atoms with van der Waals surface area (Å²) in [6.07, 6.45) is 0.751. The second kappa shape index (κ2) is 7.86. The number of hydrogen-bond donors (Lipinski definition) is 1. The van der Waals surface area contributed by atoms with Crippen LogP contribution >= 0.6 is 11.3 Å². The number of nitrogens with zero attached hydrogens (tertiary/aromatic N) is 5. The standard InChI is InChI=1S/C25H18N6S/c1-3-7-18(8-4-1)19-13-11-17(12-14-19)15-23-30-31-24(28-29-25(31)32-23)22-16-21(26-27-22)20-9-5-2-6-10-20/h1-14,16H,15H2,(H,26,27). The molecule has 3 heterocycles. The van der Waals surface area contributed by atoms with Crippen molar-refractivity contribution in [2.75, 3.05) is 0 Å². The van der Waals surface area contributed by atoms with Crippen molar-refractivity contribution >= 4 is 16.3 Å². The molecule has 0 saturated heterocycles. The van der Waals surface area contributed by atoms with Crippen molar-refractivity contribution in [3.05, 3.63) is 102 Å². The molecule has 6 nitrogen and oxygen atoms in total. The zero-order chi connectivity index (χ0) is 21.3. The minimum atomic E-state index is 0.664. The molecule has 0 aliphatic rings. The molecule has 1 N–H and O–H groups in total. The summed E-state index contributed by atoms with van der Waals surface area (Å²) in [6, 6.07) is 31.1. The maximum Gasteiger partial charge on any atom is 0.235 e. The van der Waals surface area contributed by atoms with E-state index in [-0.39, 0.29) is 0 Å². The van der Waals surface area contributed by atoms with Crippen molar-refractivity contribution in [1.82, 2.24) is 30.0 Å². The fourth-order valence-corrected chi connectivity index (χ4v) is 4.58. The Labute approximate surface area is 188 Å². The topological polar surface area (TPSA) is 71.8 Å². The third kappa shape index (κ3) is 3.48. The summed E-state index contributed by atoms with van der Waals surface area (Å²) < 4.78 is 1.79. The van der Waals surface area contributed by atoms with Crippen LogP contribution in [0.4, 0.5) is 0 Å². The third-order valence-electron chi connectivity index (χ3n) is 5.34. The van der Waals surface area contributed by atoms with E-state index in [0.717, 1.165) is 33.3 Å². The molecular weight excluding hydrogens is 416 g/mol. The number of benzene rings is 3. The van der Waals surface area contributed by atoms with Crippen LogP contribution in [0.25, 0.3) is 38.9 Å². The van der Waals surface area contributed by atoms with Crippen molar-refractivity contribution in [3.8, 4) is 33.9 Å². The van der Waals surface area contributed by atoms with Gasteiger partial charge in [0, 0.05) is 12.0 Å². The second-order valence-electron chi connectivity index (χ2n) is 7.49. The summed E-state index contributed by atoms with van der Waals surface area (Å²) in [5, 5.41) is 21.9. The molecule has 7 heteroatoms. The van der Waals surface area contributed by atoms with E-state index in [1.165, 1.54) is 16.7 Å². The fraction of sp³-hybridized carbons (Fsp3) is 0.0400. The van der Waals surface area contributed by atoms with Crippen LogP contribution in [0.3, 0.4) is 0 Å². The quantitative estimate of drug-likeness (QED) is 0.389. The highest BCUT2D eigenvalue weighted by Crippen LogP contribution is 2.26. The molecule has 6 rings (SSSR count). The Morgan fingerprint density at radius 1 is 0.750 bits per heavy atom. The first-order valence-corrected chi connectivity index (χ1v) is 11.1. The van der Waals surface area contributed by atoms with E-state index < -0.39 is 0 Å². The lowest BCUT2D eigenvalue weighted by Gasteiger charge is -2.03. The van der Waals surface area contributed by atoms with Crippen LogP contribution < -0.4 is 0 Å². The van der Waals surface area contributed by atoms with Gasteiger partial charge < -0.3 is 0 Å². The van der Waals surface area contributed by atoms with E-state index >= 15 is 0 Å². The first-order valence-electron chi connectivity index (χ1n) is 10.3. The zero-order valence-electron chi connectivity index (χ0n) is 17.0. The number of rotatable bonds is 5. The van der Waals surface area contributed by atoms with Crippen molar-refractivity contribution in [1.29, 1.82) is 0 Å². The van der Waals surface area contributed by atoms with E-state index in [1.807, 2.05) is 42.5 Å². The summed E-state index contributed by atoms with van der Waals surface area (Å²) in [6.45, 7) is 0. The average Bonchev–Trinajstić information content (AvgIpc) is 3.57. The smallest absolute Gasteiger partial charge is 0.235 e. The zero-order valence-corrected chi connectivity index (χ0v) is 17.8. The van der Waals surface area contributed by atoms with Crippen LogP contribution in [0.2, 0.25) is 0 Å². The number of nitrogens with one attached hydrogen (secondary N) is 1. The van der Waals surface area contributed by atoms with E-state index in [2.05, 4.69) is 68.9 Å². The van der Waals surface area contributed by atoms with E-state index in [9.17, 15) is 0 Å². The molecule has 3 aromatic heterocycles. The molecule has 0 aliphatic carbocycles. The number of aromatic amines is 1. The predicted molar refractivity (Wildman–Crippen MR) is 126 cm³/mol. The fourth-order valence-electron chi connectivity index (χ4n) is 3.71. The highest BCUT2D eigenvalue weighted by Gasteiger charge is 2.16. The van der Waals surface area contributed by atoms with Gasteiger partial charge in [-0.1, -0.05) is 96.3 Å². The van der Waals surface area contributed by atoms with Crippen molar-refractivity contribution in [2.45, 2.75) is 6.42 Å². The summed E-state index contributed by atoms with van der Waals surface area (Å²) in [7, 11) is 0. The predicted octanol–water partition coefficient (Wildman–Crippen LogP) is 5.50. The van der Waals surface area contributed by atoms with Crippen LogP contribution in [0.1, 0.15) is 10.6 Å². The van der Waals surface area contributed by atoms with Gasteiger partial charge in [-0.05, 0) is 22.8 Å². The molecule has 0 bridgehead atoms. The lowest BCUT2D eigenvalue weighted by Crippen LogP contribution is -1.94. The van der Waals surface area contributed by atoms with Crippen molar-refractivity contribution in [3.63, 3.8) is 0 Å². The number of H-pyrrole nitrogens is 1. The molecule has 0 unspecified atom stereocenters. The molecule has 0 fully saturated rings. The van der Waals surface area contributed by atoms with Crippen molar-refractivity contribution in [2.24, 2.45) is 0 Å². The molecule has 0 atom stereocenters. The minimum Gasteiger partial charge on any atom is -0.274 e. The van der Waals surface area contributed by atoms with E-state index in [1.54, 1.807) is 15.9 Å². The van der Waals surface area contributed by atoms with Crippen LogP contribution in [-0.4, -0.2) is 30.0 Å². The molecule has 0 aliphatic heterocycles. The van der Waals surface area contributed by atoms with Crippen LogP contribution in [0.5, 0.6) is 0 Å². The van der Waals surface area contributed by atoms with E-state index in [4.69, 9.17) is 5.10 Å². The van der Waals surface area contributed by atoms with Gasteiger partial charge in [-0.15, -0.1) is 10.2 Å². The van der Waals surface area contributed by atoms with E-state index in [0.29, 0.717) is 5.82 Å². The third-order valence-corrected chi connectivity index (χ3v) is 6.24.